The van der Waals surface area contributed by atoms with Crippen molar-refractivity contribution in [3.8, 4) is 0 Å². The maximum atomic E-state index is 9.74. The van der Waals surface area contributed by atoms with Crippen LogP contribution in [0.1, 0.15) is 19.3 Å². The predicted octanol–water partition coefficient (Wildman–Crippen LogP) is -0.507. The van der Waals surface area contributed by atoms with Crippen molar-refractivity contribution in [2.24, 2.45) is 5.73 Å². The van der Waals surface area contributed by atoms with Gasteiger partial charge in [-0.05, 0) is 25.8 Å². The molecule has 2 unspecified atom stereocenters. The number of nitrogens with two attached hydrogens (primary N) is 1. The largest absolute Gasteiger partial charge is 0.392 e. The summed E-state index contributed by atoms with van der Waals surface area (Å²) >= 11 is 0. The summed E-state index contributed by atoms with van der Waals surface area (Å²) in [5, 5.41) is 9.74. The van der Waals surface area contributed by atoms with E-state index >= 15 is 0 Å². The van der Waals surface area contributed by atoms with E-state index in [0.717, 1.165) is 45.9 Å². The molecule has 2 aliphatic rings. The number of hydrogen-bond acceptors (Lipinski definition) is 5. The molecule has 0 aliphatic carbocycles. The zero-order valence-electron chi connectivity index (χ0n) is 11.3. The number of ether oxygens (including phenoxy) is 1. The fourth-order valence-electron chi connectivity index (χ4n) is 2.81. The Labute approximate surface area is 110 Å². The molecule has 0 radical (unpaired) electrons. The fourth-order valence-corrected chi connectivity index (χ4v) is 2.81. The molecule has 106 valence electrons. The van der Waals surface area contributed by atoms with Crippen LogP contribution < -0.4 is 5.73 Å². The van der Waals surface area contributed by atoms with Crippen LogP contribution in [-0.2, 0) is 4.74 Å². The molecule has 0 saturated carbocycles. The van der Waals surface area contributed by atoms with Crippen molar-refractivity contribution in [1.82, 2.24) is 9.80 Å². The summed E-state index contributed by atoms with van der Waals surface area (Å²) in [6.07, 6.45) is 3.33. The van der Waals surface area contributed by atoms with Gasteiger partial charge in [-0.2, -0.15) is 0 Å². The highest BCUT2D eigenvalue weighted by molar-refractivity contribution is 4.77. The van der Waals surface area contributed by atoms with Crippen LogP contribution >= 0.6 is 0 Å². The average Bonchev–Trinajstić information content (AvgIpc) is 2.85. The van der Waals surface area contributed by atoms with Gasteiger partial charge in [-0.15, -0.1) is 0 Å². The van der Waals surface area contributed by atoms with Gasteiger partial charge in [0.25, 0.3) is 0 Å². The normalized spacial score (nSPS) is 28.7. The molecule has 2 heterocycles. The fraction of sp³-hybridized carbons (Fsp3) is 1.00. The Kier molecular flexibility index (Phi) is 5.85. The Morgan fingerprint density at radius 1 is 1.22 bits per heavy atom. The van der Waals surface area contributed by atoms with Crippen LogP contribution in [0.4, 0.5) is 0 Å². The van der Waals surface area contributed by atoms with E-state index in [1.165, 1.54) is 12.8 Å². The van der Waals surface area contributed by atoms with Crippen LogP contribution in [0.5, 0.6) is 0 Å². The molecule has 5 nitrogen and oxygen atoms in total. The molecule has 0 spiro atoms. The molecule has 0 aromatic rings. The molecule has 2 fully saturated rings. The molecule has 2 saturated heterocycles. The van der Waals surface area contributed by atoms with Crippen molar-refractivity contribution in [2.75, 3.05) is 52.4 Å². The van der Waals surface area contributed by atoms with Gasteiger partial charge in [-0.25, -0.2) is 0 Å². The zero-order chi connectivity index (χ0) is 12.8. The van der Waals surface area contributed by atoms with E-state index in [1.807, 2.05) is 0 Å². The van der Waals surface area contributed by atoms with E-state index in [2.05, 4.69) is 9.80 Å². The average molecular weight is 257 g/mol. The smallest absolute Gasteiger partial charge is 0.0702 e. The molecular weight excluding hydrogens is 230 g/mol. The number of β-amino-alcohol motifs (C(OH)–C–C–N with tert-alkyl or cyclic N) is 1. The van der Waals surface area contributed by atoms with E-state index in [1.54, 1.807) is 0 Å². The third-order valence-electron chi connectivity index (χ3n) is 3.92. The second kappa shape index (κ2) is 7.40. The SMILES string of the molecule is NCCC(O)CN1CCN(CC2CCCO2)CC1. The van der Waals surface area contributed by atoms with Crippen molar-refractivity contribution >= 4 is 0 Å². The number of aliphatic hydroxyl groups is 1. The van der Waals surface area contributed by atoms with Gasteiger partial charge in [0.05, 0.1) is 12.2 Å². The van der Waals surface area contributed by atoms with Crippen molar-refractivity contribution < 1.29 is 9.84 Å². The lowest BCUT2D eigenvalue weighted by molar-refractivity contribution is 0.0357. The molecule has 0 aromatic carbocycles. The van der Waals surface area contributed by atoms with Gasteiger partial charge in [0.1, 0.15) is 0 Å². The highest BCUT2D eigenvalue weighted by atomic mass is 16.5. The third-order valence-corrected chi connectivity index (χ3v) is 3.92. The first-order valence-corrected chi connectivity index (χ1v) is 7.22. The lowest BCUT2D eigenvalue weighted by Crippen LogP contribution is -2.50. The number of nitrogens with zero attached hydrogens (tertiary/aromatic N) is 2. The number of piperazine rings is 1. The number of aliphatic hydroxyl groups excluding tert-OH is 1. The standard InChI is InChI=1S/C13H27N3O2/c14-4-3-12(17)10-15-5-7-16(8-6-15)11-13-2-1-9-18-13/h12-13,17H,1-11,14H2. The van der Waals surface area contributed by atoms with Crippen LogP contribution in [0.25, 0.3) is 0 Å². The summed E-state index contributed by atoms with van der Waals surface area (Å²) in [6.45, 7) is 7.65. The lowest BCUT2D eigenvalue weighted by Gasteiger charge is -2.36. The minimum Gasteiger partial charge on any atom is -0.392 e. The van der Waals surface area contributed by atoms with E-state index in [-0.39, 0.29) is 6.10 Å². The van der Waals surface area contributed by atoms with Gasteiger partial charge < -0.3 is 15.6 Å². The molecule has 3 N–H and O–H groups in total. The summed E-state index contributed by atoms with van der Waals surface area (Å²) in [4.78, 5) is 4.83. The Morgan fingerprint density at radius 2 is 1.94 bits per heavy atom. The molecule has 0 bridgehead atoms. The zero-order valence-corrected chi connectivity index (χ0v) is 11.3. The molecule has 2 atom stereocenters. The Hall–Kier alpha value is -0.200. The molecule has 5 heteroatoms. The quantitative estimate of drug-likeness (QED) is 0.671. The third kappa shape index (κ3) is 4.48. The summed E-state index contributed by atoms with van der Waals surface area (Å²) in [5.41, 5.74) is 5.45. The summed E-state index contributed by atoms with van der Waals surface area (Å²) in [7, 11) is 0. The predicted molar refractivity (Wildman–Crippen MR) is 71.5 cm³/mol. The first-order chi connectivity index (χ1) is 8.78. The maximum Gasteiger partial charge on any atom is 0.0702 e. The van der Waals surface area contributed by atoms with Crippen LogP contribution in [0.2, 0.25) is 0 Å². The van der Waals surface area contributed by atoms with Gasteiger partial charge >= 0.3 is 0 Å². The second-order valence-corrected chi connectivity index (χ2v) is 5.47. The van der Waals surface area contributed by atoms with Crippen molar-refractivity contribution in [2.45, 2.75) is 31.5 Å². The van der Waals surface area contributed by atoms with E-state index in [0.29, 0.717) is 19.1 Å². The Balaban J connectivity index is 1.61. The highest BCUT2D eigenvalue weighted by Crippen LogP contribution is 2.14. The van der Waals surface area contributed by atoms with Crippen LogP contribution in [0.15, 0.2) is 0 Å². The second-order valence-electron chi connectivity index (χ2n) is 5.47. The molecule has 18 heavy (non-hydrogen) atoms. The summed E-state index contributed by atoms with van der Waals surface area (Å²) in [5.74, 6) is 0. The van der Waals surface area contributed by atoms with Gasteiger partial charge in [0, 0.05) is 45.9 Å². The number of hydrogen-bond donors (Lipinski definition) is 2. The van der Waals surface area contributed by atoms with Crippen LogP contribution in [0.3, 0.4) is 0 Å². The summed E-state index contributed by atoms with van der Waals surface area (Å²) < 4.78 is 5.67. The monoisotopic (exact) mass is 257 g/mol. The van der Waals surface area contributed by atoms with Gasteiger partial charge in [0.15, 0.2) is 0 Å². The van der Waals surface area contributed by atoms with Crippen molar-refractivity contribution in [1.29, 1.82) is 0 Å². The molecule has 2 aliphatic heterocycles. The van der Waals surface area contributed by atoms with Gasteiger partial charge in [-0.3, -0.25) is 9.80 Å². The Bertz CT molecular complexity index is 226. The molecule has 0 aromatic heterocycles. The van der Waals surface area contributed by atoms with Gasteiger partial charge in [0.2, 0.25) is 0 Å². The summed E-state index contributed by atoms with van der Waals surface area (Å²) in [6, 6.07) is 0. The van der Waals surface area contributed by atoms with Crippen LogP contribution in [-0.4, -0.2) is 79.5 Å². The van der Waals surface area contributed by atoms with Gasteiger partial charge in [-0.1, -0.05) is 0 Å². The molecule has 0 amide bonds. The topological polar surface area (TPSA) is 62.0 Å². The lowest BCUT2D eigenvalue weighted by atomic mass is 10.2. The first-order valence-electron chi connectivity index (χ1n) is 7.22. The first kappa shape index (κ1) is 14.2. The van der Waals surface area contributed by atoms with E-state index < -0.39 is 0 Å². The van der Waals surface area contributed by atoms with Crippen molar-refractivity contribution in [3.05, 3.63) is 0 Å². The van der Waals surface area contributed by atoms with Crippen LogP contribution in [0, 0.1) is 0 Å². The molecular formula is C13H27N3O2. The van der Waals surface area contributed by atoms with E-state index in [4.69, 9.17) is 10.5 Å². The maximum absolute atomic E-state index is 9.74. The minimum atomic E-state index is -0.264. The Morgan fingerprint density at radius 3 is 2.56 bits per heavy atom. The van der Waals surface area contributed by atoms with E-state index in [9.17, 15) is 5.11 Å². The highest BCUT2D eigenvalue weighted by Gasteiger charge is 2.23. The minimum absolute atomic E-state index is 0.264. The number of rotatable bonds is 6. The molecule has 2 rings (SSSR count). The van der Waals surface area contributed by atoms with Crippen molar-refractivity contribution in [3.63, 3.8) is 0 Å².